The minimum atomic E-state index is -1.78. The van der Waals surface area contributed by atoms with Gasteiger partial charge in [0.25, 0.3) is 0 Å². The lowest BCUT2D eigenvalue weighted by Crippen LogP contribution is -2.61. The molecule has 28 heteroatoms. The number of nitrogens with zero attached hydrogens (tertiary/aromatic N) is 6. The molecule has 2 saturated heterocycles. The number of aliphatic imine (C=N–C) groups is 2. The van der Waals surface area contributed by atoms with Crippen LogP contribution in [0.4, 0.5) is 0 Å². The van der Waals surface area contributed by atoms with E-state index in [9.17, 15) is 53.1 Å². The first-order chi connectivity index (χ1) is 43.5. The maximum atomic E-state index is 15.0. The number of nitrogens with one attached hydrogen (secondary N) is 5. The highest BCUT2D eigenvalue weighted by Crippen LogP contribution is 2.26. The molecule has 10 atom stereocenters. The summed E-state index contributed by atoms with van der Waals surface area (Å²) in [6.45, 7) is 13.5. The van der Waals surface area contributed by atoms with Gasteiger partial charge in [-0.05, 0) is 100 Å². The standard InChI is InChI=1S/C64H108N16O12/c1-10-12-13-14-18-30-51(81)79-33-20-19-28-47(79)61(91)78(9)50(37-42-24-16-15-17-25-42)59(89)73-43(26-21-31-70-63(66)67)55(85)75-46(35-39(3)4)60(90)80-34-23-29-48(80)62(92)77(8)49(36-40(5)6)58(88)74-45(38-52(82)83)57(87)72-44(27-22-32-71-64(68)69)56(86)76-53(54(65)84)41(7)11-2/h15-17,24-25,39-41,43-50,53H,10-14,18-23,26-38H2,1-9H3,(H2,65,84)(H,72,87)(H,73,89)(H,74,88)(H,75,85)(H,76,86)(H,82,83)(H4,66,67,70)(H4,68,69,71)/t41-,43+,44-,45-,46-,47+,48-,49-,50-,53-/m0/s1. The van der Waals surface area contributed by atoms with Gasteiger partial charge in [-0.2, -0.15) is 0 Å². The Hall–Kier alpha value is -8.07. The largest absolute Gasteiger partial charge is 0.481 e. The van der Waals surface area contributed by atoms with Crippen LogP contribution in [-0.4, -0.2) is 196 Å². The van der Waals surface area contributed by atoms with E-state index in [1.54, 1.807) is 32.6 Å². The molecule has 28 nitrogen and oxygen atoms in total. The number of carboxylic acids is 1. The van der Waals surface area contributed by atoms with Crippen LogP contribution in [0.5, 0.6) is 0 Å². The number of hydrogen-bond donors (Lipinski definition) is 11. The molecule has 2 aliphatic heterocycles. The molecule has 0 spiro atoms. The first kappa shape index (κ1) is 78.2. The fourth-order valence-electron chi connectivity index (χ4n) is 11.6. The zero-order valence-corrected chi connectivity index (χ0v) is 55.8. The number of carbonyl (C=O) groups is 11. The molecule has 1 aromatic carbocycles. The Labute approximate surface area is 542 Å². The van der Waals surface area contributed by atoms with Crippen molar-refractivity contribution in [3.8, 4) is 0 Å². The van der Waals surface area contributed by atoms with Crippen LogP contribution in [0.3, 0.4) is 0 Å². The second kappa shape index (κ2) is 40.0. The Morgan fingerprint density at radius 3 is 1.61 bits per heavy atom. The van der Waals surface area contributed by atoms with E-state index in [4.69, 9.17) is 28.7 Å². The van der Waals surface area contributed by atoms with Crippen molar-refractivity contribution in [3.63, 3.8) is 0 Å². The molecular weight excluding hydrogens is 1180 g/mol. The van der Waals surface area contributed by atoms with Gasteiger partial charge in [0.05, 0.1) is 6.42 Å². The number of primary amides is 1. The molecule has 0 radical (unpaired) electrons. The van der Waals surface area contributed by atoms with E-state index < -0.39 is 126 Å². The van der Waals surface area contributed by atoms with Gasteiger partial charge in [0.2, 0.25) is 59.1 Å². The number of guanidine groups is 2. The van der Waals surface area contributed by atoms with Crippen LogP contribution in [0, 0.1) is 17.8 Å². The first-order valence-corrected chi connectivity index (χ1v) is 32.8. The first-order valence-electron chi connectivity index (χ1n) is 32.8. The number of amides is 10. The molecule has 516 valence electrons. The van der Waals surface area contributed by atoms with Gasteiger partial charge in [-0.25, -0.2) is 0 Å². The number of unbranched alkanes of at least 4 members (excludes halogenated alkanes) is 4. The van der Waals surface area contributed by atoms with Crippen molar-refractivity contribution in [1.29, 1.82) is 0 Å². The molecular formula is C64H108N16O12. The summed E-state index contributed by atoms with van der Waals surface area (Å²) in [6.07, 6.45) is 7.46. The van der Waals surface area contributed by atoms with Crippen molar-refractivity contribution in [1.82, 2.24) is 46.2 Å². The Kier molecular flexibility index (Phi) is 34.0. The quantitative estimate of drug-likeness (QED) is 0.0250. The summed E-state index contributed by atoms with van der Waals surface area (Å²) in [5, 5.41) is 23.4. The third-order valence-electron chi connectivity index (χ3n) is 16.9. The maximum Gasteiger partial charge on any atom is 0.305 e. The second-order valence-corrected chi connectivity index (χ2v) is 25.3. The van der Waals surface area contributed by atoms with Crippen molar-refractivity contribution in [3.05, 3.63) is 35.9 Å². The van der Waals surface area contributed by atoms with Crippen LogP contribution >= 0.6 is 0 Å². The van der Waals surface area contributed by atoms with E-state index in [2.05, 4.69) is 43.5 Å². The van der Waals surface area contributed by atoms with Gasteiger partial charge in [-0.15, -0.1) is 0 Å². The summed E-state index contributed by atoms with van der Waals surface area (Å²) in [4.78, 5) is 169. The zero-order valence-electron chi connectivity index (χ0n) is 55.8. The number of likely N-dealkylation sites (tertiary alicyclic amines) is 2. The number of nitrogens with two attached hydrogens (primary N) is 5. The molecule has 2 aliphatic rings. The van der Waals surface area contributed by atoms with Crippen molar-refractivity contribution < 1.29 is 57.8 Å². The lowest BCUT2D eigenvalue weighted by Gasteiger charge is -2.39. The number of aliphatic carboxylic acids is 1. The van der Waals surface area contributed by atoms with E-state index in [0.717, 1.165) is 42.6 Å². The van der Waals surface area contributed by atoms with Crippen molar-refractivity contribution in [2.75, 3.05) is 40.3 Å². The minimum absolute atomic E-state index is 0.00784. The summed E-state index contributed by atoms with van der Waals surface area (Å²) >= 11 is 0. The van der Waals surface area contributed by atoms with E-state index >= 15 is 4.79 Å². The van der Waals surface area contributed by atoms with Crippen LogP contribution in [0.25, 0.3) is 0 Å². The van der Waals surface area contributed by atoms with Gasteiger partial charge in [0.15, 0.2) is 11.9 Å². The fraction of sp³-hybridized carbons (Fsp3) is 0.703. The zero-order chi connectivity index (χ0) is 68.8. The van der Waals surface area contributed by atoms with Gasteiger partial charge in [-0.1, -0.05) is 111 Å². The summed E-state index contributed by atoms with van der Waals surface area (Å²) in [7, 11) is 2.90. The molecule has 3 rings (SSSR count). The predicted octanol–water partition coefficient (Wildman–Crippen LogP) is 1.25. The Morgan fingerprint density at radius 1 is 0.576 bits per heavy atom. The van der Waals surface area contributed by atoms with E-state index in [-0.39, 0.29) is 101 Å². The average Bonchev–Trinajstić information content (AvgIpc) is 1.43. The molecule has 16 N–H and O–H groups in total. The average molecular weight is 1290 g/mol. The maximum absolute atomic E-state index is 15.0. The van der Waals surface area contributed by atoms with Gasteiger partial charge in [-0.3, -0.25) is 62.7 Å². The third kappa shape index (κ3) is 25.9. The highest BCUT2D eigenvalue weighted by molar-refractivity contribution is 5.99. The van der Waals surface area contributed by atoms with Crippen molar-refractivity contribution in [2.24, 2.45) is 56.4 Å². The summed E-state index contributed by atoms with van der Waals surface area (Å²) in [6, 6.07) is -2.13. The van der Waals surface area contributed by atoms with Crippen molar-refractivity contribution >= 4 is 77.0 Å². The molecule has 0 aliphatic carbocycles. The molecule has 2 heterocycles. The molecule has 0 aromatic heterocycles. The topological polar surface area (TPSA) is 436 Å². The van der Waals surface area contributed by atoms with Crippen LogP contribution < -0.4 is 55.3 Å². The summed E-state index contributed by atoms with van der Waals surface area (Å²) < 4.78 is 0. The predicted molar refractivity (Wildman–Crippen MR) is 350 cm³/mol. The van der Waals surface area contributed by atoms with Crippen molar-refractivity contribution in [2.45, 2.75) is 231 Å². The van der Waals surface area contributed by atoms with Gasteiger partial charge < -0.3 is 80.0 Å². The molecule has 10 amide bonds. The number of piperidine rings is 1. The lowest BCUT2D eigenvalue weighted by atomic mass is 9.97. The van der Waals surface area contributed by atoms with E-state index in [1.807, 2.05) is 44.2 Å². The Morgan fingerprint density at radius 2 is 1.07 bits per heavy atom. The molecule has 0 saturated carbocycles. The number of likely N-dealkylation sites (N-methyl/N-ethyl adjacent to an activating group) is 2. The minimum Gasteiger partial charge on any atom is -0.481 e. The smallest absolute Gasteiger partial charge is 0.305 e. The molecule has 92 heavy (non-hydrogen) atoms. The number of rotatable bonds is 40. The Balaban J connectivity index is 1.96. The summed E-state index contributed by atoms with van der Waals surface area (Å²) in [5.74, 6) is -9.48. The van der Waals surface area contributed by atoms with E-state index in [1.165, 1.54) is 23.9 Å². The lowest BCUT2D eigenvalue weighted by molar-refractivity contribution is -0.150. The molecule has 2 fully saturated rings. The molecule has 1 aromatic rings. The number of carbonyl (C=O) groups excluding carboxylic acids is 10. The highest BCUT2D eigenvalue weighted by Gasteiger charge is 2.44. The third-order valence-corrected chi connectivity index (χ3v) is 16.9. The number of hydrogen-bond acceptors (Lipinski definition) is 13. The highest BCUT2D eigenvalue weighted by atomic mass is 16.4. The fourth-order valence-corrected chi connectivity index (χ4v) is 11.6. The van der Waals surface area contributed by atoms with Gasteiger partial charge in [0, 0.05) is 53.1 Å². The monoisotopic (exact) mass is 1290 g/mol. The Bertz CT molecular complexity index is 2670. The van der Waals surface area contributed by atoms with Crippen LogP contribution in [0.15, 0.2) is 40.3 Å². The number of carboxylic acid groups (broad SMARTS) is 1. The normalized spacial score (nSPS) is 17.3. The van der Waals surface area contributed by atoms with Crippen LogP contribution in [0.2, 0.25) is 0 Å². The van der Waals surface area contributed by atoms with E-state index in [0.29, 0.717) is 45.1 Å². The van der Waals surface area contributed by atoms with Crippen LogP contribution in [-0.2, 0) is 59.2 Å². The second-order valence-electron chi connectivity index (χ2n) is 25.3. The molecule has 0 bridgehead atoms. The summed E-state index contributed by atoms with van der Waals surface area (Å²) in [5.41, 5.74) is 28.6. The number of benzene rings is 1. The molecule has 0 unspecified atom stereocenters. The van der Waals surface area contributed by atoms with Crippen LogP contribution in [0.1, 0.15) is 176 Å². The SMILES string of the molecule is CCCCCCCC(=O)N1CCCC[C@@H]1C(=O)N(C)[C@@H](Cc1ccccc1)C(=O)N[C@H](CCCN=C(N)N)C(=O)N[C@@H](CC(C)C)C(=O)N1CCC[C@H]1C(=O)N(C)[C@@H](CC(C)C)C(=O)N[C@@H](CC(=O)O)C(=O)N[C@@H](CCCN=C(N)N)C(=O)N[C@H](C(N)=O)[C@@H](C)CC. The van der Waals surface area contributed by atoms with Gasteiger partial charge in [0.1, 0.15) is 54.4 Å². The van der Waals surface area contributed by atoms with Gasteiger partial charge >= 0.3 is 5.97 Å².